The molecule has 0 unspecified atom stereocenters. The fourth-order valence-electron chi connectivity index (χ4n) is 2.04. The van der Waals surface area contributed by atoms with E-state index in [4.69, 9.17) is 4.74 Å². The van der Waals surface area contributed by atoms with Crippen LogP contribution in [-0.2, 0) is 9.53 Å². The molecule has 110 valence electrons. The number of aryl methyl sites for hydroxylation is 1. The second kappa shape index (κ2) is 5.97. The SMILES string of the molecule is COC(=O)c1cc(OC(C)=O)c2c(F)cc(C)c(I)c2c1. The fourth-order valence-corrected chi connectivity index (χ4v) is 2.63. The van der Waals surface area contributed by atoms with Gasteiger partial charge in [0.05, 0.1) is 18.1 Å². The lowest BCUT2D eigenvalue weighted by molar-refractivity contribution is -0.131. The van der Waals surface area contributed by atoms with Gasteiger partial charge in [-0.3, -0.25) is 4.79 Å². The van der Waals surface area contributed by atoms with Gasteiger partial charge >= 0.3 is 11.9 Å². The number of fused-ring (bicyclic) bond motifs is 1. The van der Waals surface area contributed by atoms with Crippen LogP contribution in [0, 0.1) is 16.3 Å². The van der Waals surface area contributed by atoms with Crippen molar-refractivity contribution in [1.29, 1.82) is 0 Å². The maximum absolute atomic E-state index is 14.2. The molecule has 2 aromatic rings. The number of hydrogen-bond donors (Lipinski definition) is 0. The molecular formula is C15H12FIO4. The molecule has 6 heteroatoms. The Morgan fingerprint density at radius 1 is 1.24 bits per heavy atom. The summed E-state index contributed by atoms with van der Waals surface area (Å²) in [5.41, 5.74) is 0.931. The van der Waals surface area contributed by atoms with Crippen molar-refractivity contribution in [1.82, 2.24) is 0 Å². The van der Waals surface area contributed by atoms with Crippen LogP contribution in [0.1, 0.15) is 22.8 Å². The van der Waals surface area contributed by atoms with E-state index >= 15 is 0 Å². The van der Waals surface area contributed by atoms with Gasteiger partial charge in [0.15, 0.2) is 0 Å². The average Bonchev–Trinajstić information content (AvgIpc) is 2.42. The van der Waals surface area contributed by atoms with E-state index in [9.17, 15) is 14.0 Å². The summed E-state index contributed by atoms with van der Waals surface area (Å²) < 4.78 is 24.7. The lowest BCUT2D eigenvalue weighted by atomic mass is 10.0. The minimum Gasteiger partial charge on any atom is -0.465 e. The van der Waals surface area contributed by atoms with Crippen LogP contribution in [0.5, 0.6) is 5.75 Å². The summed E-state index contributed by atoms with van der Waals surface area (Å²) in [6, 6.07) is 4.21. The number of halogens is 2. The van der Waals surface area contributed by atoms with Crippen LogP contribution in [0.4, 0.5) is 4.39 Å². The van der Waals surface area contributed by atoms with E-state index in [1.165, 1.54) is 32.2 Å². The zero-order valence-electron chi connectivity index (χ0n) is 11.6. The van der Waals surface area contributed by atoms with Crippen LogP contribution in [0.3, 0.4) is 0 Å². The number of ether oxygens (including phenoxy) is 2. The first kappa shape index (κ1) is 15.7. The summed E-state index contributed by atoms with van der Waals surface area (Å²) >= 11 is 2.06. The summed E-state index contributed by atoms with van der Waals surface area (Å²) in [5, 5.41) is 0.681. The Kier molecular flexibility index (Phi) is 4.46. The van der Waals surface area contributed by atoms with Crippen LogP contribution in [0.25, 0.3) is 10.8 Å². The number of esters is 2. The Balaban J connectivity index is 2.87. The quantitative estimate of drug-likeness (QED) is 0.438. The van der Waals surface area contributed by atoms with Gasteiger partial charge in [-0.2, -0.15) is 0 Å². The van der Waals surface area contributed by atoms with Gasteiger partial charge in [0, 0.05) is 15.9 Å². The monoisotopic (exact) mass is 402 g/mol. The molecule has 2 rings (SSSR count). The predicted molar refractivity (Wildman–Crippen MR) is 84.0 cm³/mol. The molecule has 0 atom stereocenters. The Morgan fingerprint density at radius 3 is 2.48 bits per heavy atom. The largest absolute Gasteiger partial charge is 0.465 e. The fraction of sp³-hybridized carbons (Fsp3) is 0.200. The van der Waals surface area contributed by atoms with Crippen molar-refractivity contribution < 1.29 is 23.5 Å². The zero-order valence-corrected chi connectivity index (χ0v) is 13.8. The van der Waals surface area contributed by atoms with Crippen LogP contribution in [0.2, 0.25) is 0 Å². The van der Waals surface area contributed by atoms with Crippen LogP contribution >= 0.6 is 22.6 Å². The number of rotatable bonds is 2. The maximum Gasteiger partial charge on any atom is 0.338 e. The van der Waals surface area contributed by atoms with E-state index in [2.05, 4.69) is 27.3 Å². The minimum atomic E-state index is -0.590. The molecule has 0 bridgehead atoms. The third-order valence-corrected chi connectivity index (χ3v) is 4.37. The van der Waals surface area contributed by atoms with Gasteiger partial charge < -0.3 is 9.47 Å². The predicted octanol–water partition coefficient (Wildman–Crippen LogP) is 3.60. The van der Waals surface area contributed by atoms with Gasteiger partial charge in [-0.05, 0) is 53.3 Å². The Bertz CT molecular complexity index is 755. The van der Waals surface area contributed by atoms with E-state index in [0.29, 0.717) is 5.39 Å². The number of carbonyl (C=O) groups is 2. The van der Waals surface area contributed by atoms with Gasteiger partial charge in [0.25, 0.3) is 0 Å². The zero-order chi connectivity index (χ0) is 15.7. The maximum atomic E-state index is 14.2. The third-order valence-electron chi connectivity index (χ3n) is 2.94. The van der Waals surface area contributed by atoms with Gasteiger partial charge in [0.1, 0.15) is 11.6 Å². The molecule has 0 amide bonds. The molecule has 0 aliphatic heterocycles. The number of carbonyl (C=O) groups excluding carboxylic acids is 2. The molecule has 2 aromatic carbocycles. The van der Waals surface area contributed by atoms with Crippen molar-refractivity contribution in [2.24, 2.45) is 0 Å². The van der Waals surface area contributed by atoms with Crippen LogP contribution in [-0.4, -0.2) is 19.0 Å². The average molecular weight is 402 g/mol. The third kappa shape index (κ3) is 2.99. The molecule has 0 radical (unpaired) electrons. The van der Waals surface area contributed by atoms with Gasteiger partial charge in [0.2, 0.25) is 0 Å². The van der Waals surface area contributed by atoms with E-state index in [1.807, 2.05) is 0 Å². The van der Waals surface area contributed by atoms with E-state index < -0.39 is 17.8 Å². The Morgan fingerprint density at radius 2 is 1.90 bits per heavy atom. The lowest BCUT2D eigenvalue weighted by Gasteiger charge is -2.12. The standard InChI is InChI=1S/C15H12FIO4/c1-7-4-11(16)13-10(14(7)17)5-9(15(19)20-3)6-12(13)21-8(2)18/h4-6H,1-3H3. The van der Waals surface area contributed by atoms with Crippen molar-refractivity contribution in [2.45, 2.75) is 13.8 Å². The Labute approximate surface area is 134 Å². The summed E-state index contributed by atoms with van der Waals surface area (Å²) in [7, 11) is 1.25. The first-order valence-electron chi connectivity index (χ1n) is 6.04. The first-order valence-corrected chi connectivity index (χ1v) is 7.12. The smallest absolute Gasteiger partial charge is 0.338 e. The van der Waals surface area contributed by atoms with Crippen LogP contribution in [0.15, 0.2) is 18.2 Å². The number of benzene rings is 2. The molecule has 21 heavy (non-hydrogen) atoms. The van der Waals surface area contributed by atoms with Crippen molar-refractivity contribution in [3.05, 3.63) is 38.7 Å². The molecule has 0 aromatic heterocycles. The lowest BCUT2D eigenvalue weighted by Crippen LogP contribution is -2.07. The Hall–Kier alpha value is -1.70. The number of hydrogen-bond acceptors (Lipinski definition) is 4. The minimum absolute atomic E-state index is 0.0100. The van der Waals surface area contributed by atoms with Crippen molar-refractivity contribution in [3.8, 4) is 5.75 Å². The van der Waals surface area contributed by atoms with Crippen molar-refractivity contribution >= 4 is 45.3 Å². The molecule has 0 spiro atoms. The summed E-state index contributed by atoms with van der Waals surface area (Å²) in [4.78, 5) is 22.9. The van der Waals surface area contributed by atoms with Gasteiger partial charge in [-0.25, -0.2) is 9.18 Å². The molecule has 0 aliphatic rings. The van der Waals surface area contributed by atoms with E-state index in [0.717, 1.165) is 9.13 Å². The molecule has 0 N–H and O–H groups in total. The van der Waals surface area contributed by atoms with Gasteiger partial charge in [-0.15, -0.1) is 0 Å². The molecule has 0 fully saturated rings. The highest BCUT2D eigenvalue weighted by molar-refractivity contribution is 14.1. The topological polar surface area (TPSA) is 52.6 Å². The first-order chi connectivity index (χ1) is 9.85. The highest BCUT2D eigenvalue weighted by Gasteiger charge is 2.18. The molecule has 0 saturated carbocycles. The van der Waals surface area contributed by atoms with Crippen molar-refractivity contribution in [2.75, 3.05) is 7.11 Å². The molecule has 0 saturated heterocycles. The highest BCUT2D eigenvalue weighted by atomic mass is 127. The number of methoxy groups -OCH3 is 1. The molecular weight excluding hydrogens is 390 g/mol. The summed E-state index contributed by atoms with van der Waals surface area (Å²) in [6.45, 7) is 2.98. The second-order valence-electron chi connectivity index (χ2n) is 4.47. The summed E-state index contributed by atoms with van der Waals surface area (Å²) in [6.07, 6.45) is 0. The van der Waals surface area contributed by atoms with E-state index in [1.54, 1.807) is 6.92 Å². The molecule has 0 heterocycles. The summed E-state index contributed by atoms with van der Waals surface area (Å²) in [5.74, 6) is -1.66. The van der Waals surface area contributed by atoms with Crippen molar-refractivity contribution in [3.63, 3.8) is 0 Å². The normalized spacial score (nSPS) is 10.5. The van der Waals surface area contributed by atoms with Gasteiger partial charge in [-0.1, -0.05) is 0 Å². The molecule has 0 aliphatic carbocycles. The van der Waals surface area contributed by atoms with E-state index in [-0.39, 0.29) is 16.7 Å². The van der Waals surface area contributed by atoms with Crippen LogP contribution < -0.4 is 4.74 Å². The second-order valence-corrected chi connectivity index (χ2v) is 5.55. The highest BCUT2D eigenvalue weighted by Crippen LogP contribution is 2.35. The molecule has 4 nitrogen and oxygen atoms in total.